The van der Waals surface area contributed by atoms with Gasteiger partial charge in [-0.3, -0.25) is 4.79 Å². The molecule has 1 aromatic carbocycles. The molecule has 0 aliphatic rings. The number of thioether (sulfide) groups is 1. The van der Waals surface area contributed by atoms with Gasteiger partial charge in [0.15, 0.2) is 0 Å². The summed E-state index contributed by atoms with van der Waals surface area (Å²) in [6.07, 6.45) is 1.84. The smallest absolute Gasteiger partial charge is 0.408 e. The van der Waals surface area contributed by atoms with Crippen molar-refractivity contribution in [2.24, 2.45) is 0 Å². The summed E-state index contributed by atoms with van der Waals surface area (Å²) in [4.78, 5) is 33.6. The fraction of sp³-hybridized carbons (Fsp3) is 0.455. The number of aryl methyl sites for hydroxylation is 2. The number of ether oxygens (including phenoxy) is 1. The molecule has 0 radical (unpaired) electrons. The maximum Gasteiger partial charge on any atom is 0.408 e. The topological polar surface area (TPSA) is 105 Å². The Labute approximate surface area is 188 Å². The van der Waals surface area contributed by atoms with E-state index < -0.39 is 17.7 Å². The Morgan fingerprint density at radius 3 is 2.19 bits per heavy atom. The predicted molar refractivity (Wildman–Crippen MR) is 126 cm³/mol. The summed E-state index contributed by atoms with van der Waals surface area (Å²) < 4.78 is 5.28. The van der Waals surface area contributed by atoms with Crippen molar-refractivity contribution in [3.8, 4) is 0 Å². The van der Waals surface area contributed by atoms with Crippen LogP contribution < -0.4 is 16.0 Å². The molecule has 0 spiro atoms. The fourth-order valence-electron chi connectivity index (χ4n) is 2.73. The van der Waals surface area contributed by atoms with E-state index in [9.17, 15) is 9.59 Å². The summed E-state index contributed by atoms with van der Waals surface area (Å²) in [6, 6.07) is 8.43. The largest absolute Gasteiger partial charge is 0.444 e. The Bertz CT molecular complexity index is 877. The van der Waals surface area contributed by atoms with Crippen LogP contribution in [0.2, 0.25) is 0 Å². The van der Waals surface area contributed by atoms with Crippen LogP contribution in [-0.4, -0.2) is 45.6 Å². The molecule has 1 atom stereocenters. The Hall–Kier alpha value is -2.81. The molecule has 1 unspecified atom stereocenters. The molecule has 31 heavy (non-hydrogen) atoms. The van der Waals surface area contributed by atoms with Gasteiger partial charge in [-0.1, -0.05) is 0 Å². The molecule has 1 aromatic heterocycles. The zero-order valence-electron chi connectivity index (χ0n) is 18.9. The summed E-state index contributed by atoms with van der Waals surface area (Å²) >= 11 is 1.61. The third-order valence-corrected chi connectivity index (χ3v) is 4.65. The number of nitrogens with zero attached hydrogens (tertiary/aromatic N) is 2. The second-order valence-corrected chi connectivity index (χ2v) is 9.13. The standard InChI is InChI=1S/C22H31N5O3S/c1-14-13-15(2)24-20(23-14)26-17-9-7-16(8-10-17)25-19(28)18(11-12-31-6)27-21(29)30-22(3,4)5/h7-10,13,18H,11-12H2,1-6H3,(H,25,28)(H,27,29)(H,23,24,26). The third-order valence-electron chi connectivity index (χ3n) is 4.01. The normalized spacial score (nSPS) is 12.1. The third kappa shape index (κ3) is 8.84. The zero-order valence-corrected chi connectivity index (χ0v) is 19.7. The predicted octanol–water partition coefficient (Wildman–Crippen LogP) is 4.42. The van der Waals surface area contributed by atoms with Crippen LogP contribution in [0.4, 0.5) is 22.1 Å². The Balaban J connectivity index is 2.01. The van der Waals surface area contributed by atoms with Gasteiger partial charge in [-0.15, -0.1) is 0 Å². The SMILES string of the molecule is CSCCC(NC(=O)OC(C)(C)C)C(=O)Nc1ccc(Nc2nc(C)cc(C)n2)cc1. The molecule has 9 heteroatoms. The zero-order chi connectivity index (χ0) is 23.0. The number of hydrogen-bond acceptors (Lipinski definition) is 7. The number of nitrogens with one attached hydrogen (secondary N) is 3. The lowest BCUT2D eigenvalue weighted by Crippen LogP contribution is -2.46. The van der Waals surface area contributed by atoms with E-state index in [0.29, 0.717) is 18.1 Å². The van der Waals surface area contributed by atoms with E-state index in [1.54, 1.807) is 44.7 Å². The lowest BCUT2D eigenvalue weighted by molar-refractivity contribution is -0.118. The maximum atomic E-state index is 12.7. The summed E-state index contributed by atoms with van der Waals surface area (Å²) in [5, 5.41) is 8.67. The van der Waals surface area contributed by atoms with Gasteiger partial charge in [0.25, 0.3) is 0 Å². The minimum Gasteiger partial charge on any atom is -0.444 e. The number of aromatic nitrogens is 2. The van der Waals surface area contributed by atoms with Crippen LogP contribution in [0.25, 0.3) is 0 Å². The molecule has 168 valence electrons. The lowest BCUT2D eigenvalue weighted by atomic mass is 10.2. The van der Waals surface area contributed by atoms with Gasteiger partial charge in [0.1, 0.15) is 11.6 Å². The molecule has 3 N–H and O–H groups in total. The van der Waals surface area contributed by atoms with E-state index in [2.05, 4.69) is 25.9 Å². The monoisotopic (exact) mass is 445 g/mol. The fourth-order valence-corrected chi connectivity index (χ4v) is 3.20. The van der Waals surface area contributed by atoms with Crippen molar-refractivity contribution in [1.82, 2.24) is 15.3 Å². The highest BCUT2D eigenvalue weighted by Gasteiger charge is 2.24. The summed E-state index contributed by atoms with van der Waals surface area (Å²) in [5.74, 6) is 0.957. The van der Waals surface area contributed by atoms with E-state index in [4.69, 9.17) is 4.74 Å². The molecule has 0 fully saturated rings. The van der Waals surface area contributed by atoms with Gasteiger partial charge in [0, 0.05) is 22.8 Å². The average molecular weight is 446 g/mol. The van der Waals surface area contributed by atoms with Crippen LogP contribution in [0, 0.1) is 13.8 Å². The molecule has 0 saturated carbocycles. The summed E-state index contributed by atoms with van der Waals surface area (Å²) in [6.45, 7) is 9.17. The first-order chi connectivity index (χ1) is 14.6. The van der Waals surface area contributed by atoms with Gasteiger partial charge in [-0.2, -0.15) is 11.8 Å². The number of benzene rings is 1. The van der Waals surface area contributed by atoms with E-state index >= 15 is 0 Å². The van der Waals surface area contributed by atoms with E-state index in [-0.39, 0.29) is 5.91 Å². The second kappa shape index (κ2) is 11.0. The molecule has 0 aliphatic carbocycles. The molecule has 8 nitrogen and oxygen atoms in total. The molecule has 0 saturated heterocycles. The molecular weight excluding hydrogens is 414 g/mol. The number of hydrogen-bond donors (Lipinski definition) is 3. The van der Waals surface area contributed by atoms with Gasteiger partial charge in [0.05, 0.1) is 0 Å². The van der Waals surface area contributed by atoms with Crippen LogP contribution in [-0.2, 0) is 9.53 Å². The maximum absolute atomic E-state index is 12.7. The van der Waals surface area contributed by atoms with Gasteiger partial charge in [-0.05, 0) is 83.4 Å². The summed E-state index contributed by atoms with van der Waals surface area (Å²) in [7, 11) is 0. The van der Waals surface area contributed by atoms with Crippen molar-refractivity contribution >= 4 is 41.1 Å². The van der Waals surface area contributed by atoms with Gasteiger partial charge in [-0.25, -0.2) is 14.8 Å². The number of carbonyl (C=O) groups is 2. The molecule has 2 amide bonds. The summed E-state index contributed by atoms with van der Waals surface area (Å²) in [5.41, 5.74) is 2.55. The van der Waals surface area contributed by atoms with Crippen LogP contribution in [0.5, 0.6) is 0 Å². The van der Waals surface area contributed by atoms with Crippen molar-refractivity contribution in [2.45, 2.75) is 52.7 Å². The van der Waals surface area contributed by atoms with Gasteiger partial charge < -0.3 is 20.7 Å². The first-order valence-electron chi connectivity index (χ1n) is 10.0. The van der Waals surface area contributed by atoms with E-state index in [1.165, 1.54) is 0 Å². The Kier molecular flexibility index (Phi) is 8.67. The molecule has 2 aromatic rings. The lowest BCUT2D eigenvalue weighted by Gasteiger charge is -2.23. The molecular formula is C22H31N5O3S. The van der Waals surface area contributed by atoms with Crippen LogP contribution >= 0.6 is 11.8 Å². The minimum atomic E-state index is -0.691. The van der Waals surface area contributed by atoms with Crippen molar-refractivity contribution in [2.75, 3.05) is 22.6 Å². The quantitative estimate of drug-likeness (QED) is 0.552. The average Bonchev–Trinajstić information content (AvgIpc) is 2.64. The van der Waals surface area contributed by atoms with Crippen molar-refractivity contribution in [1.29, 1.82) is 0 Å². The highest BCUT2D eigenvalue weighted by molar-refractivity contribution is 7.98. The molecule has 0 aliphatic heterocycles. The first-order valence-corrected chi connectivity index (χ1v) is 11.4. The number of alkyl carbamates (subject to hydrolysis) is 1. The van der Waals surface area contributed by atoms with E-state index in [0.717, 1.165) is 22.8 Å². The van der Waals surface area contributed by atoms with Crippen LogP contribution in [0.1, 0.15) is 38.6 Å². The van der Waals surface area contributed by atoms with Gasteiger partial charge in [0.2, 0.25) is 11.9 Å². The van der Waals surface area contributed by atoms with Crippen LogP contribution in [0.15, 0.2) is 30.3 Å². The molecule has 1 heterocycles. The van der Waals surface area contributed by atoms with Crippen molar-refractivity contribution in [3.05, 3.63) is 41.7 Å². The van der Waals surface area contributed by atoms with Crippen LogP contribution in [0.3, 0.4) is 0 Å². The number of amides is 2. The Morgan fingerprint density at radius 1 is 1.06 bits per heavy atom. The highest BCUT2D eigenvalue weighted by Crippen LogP contribution is 2.18. The number of carbonyl (C=O) groups excluding carboxylic acids is 2. The number of anilines is 3. The highest BCUT2D eigenvalue weighted by atomic mass is 32.2. The molecule has 2 rings (SSSR count). The number of rotatable bonds is 8. The minimum absolute atomic E-state index is 0.293. The van der Waals surface area contributed by atoms with E-state index in [1.807, 2.05) is 38.3 Å². The Morgan fingerprint density at radius 2 is 1.65 bits per heavy atom. The first kappa shape index (κ1) is 24.5. The van der Waals surface area contributed by atoms with Crippen molar-refractivity contribution < 1.29 is 14.3 Å². The molecule has 0 bridgehead atoms. The van der Waals surface area contributed by atoms with Gasteiger partial charge >= 0.3 is 6.09 Å². The second-order valence-electron chi connectivity index (χ2n) is 8.15. The van der Waals surface area contributed by atoms with Crippen molar-refractivity contribution in [3.63, 3.8) is 0 Å².